The quantitative estimate of drug-likeness (QED) is 0.166. The van der Waals surface area contributed by atoms with Gasteiger partial charge in [0.1, 0.15) is 5.75 Å². The van der Waals surface area contributed by atoms with Crippen molar-refractivity contribution in [2.75, 3.05) is 22.1 Å². The number of nitrogens with zero attached hydrogens (tertiary/aromatic N) is 7. The number of carbonyl (C=O) groups is 2. The molecular formula is C33H30F3N7O3S. The zero-order valence-electron chi connectivity index (χ0n) is 25.9. The van der Waals surface area contributed by atoms with Crippen molar-refractivity contribution < 1.29 is 27.5 Å². The van der Waals surface area contributed by atoms with Gasteiger partial charge in [-0.1, -0.05) is 62.0 Å². The van der Waals surface area contributed by atoms with Crippen LogP contribution in [0.1, 0.15) is 52.4 Å². The van der Waals surface area contributed by atoms with Crippen LogP contribution < -0.4 is 14.5 Å². The van der Waals surface area contributed by atoms with Gasteiger partial charge in [0.2, 0.25) is 11.9 Å². The summed E-state index contributed by atoms with van der Waals surface area (Å²) in [6, 6.07) is 17.1. The second-order valence-electron chi connectivity index (χ2n) is 11.4. The number of aryl methyl sites for hydroxylation is 2. The topological polar surface area (TPSA) is 105 Å². The van der Waals surface area contributed by atoms with Gasteiger partial charge in [-0.05, 0) is 65.8 Å². The second-order valence-corrected chi connectivity index (χ2v) is 12.4. The molecule has 0 spiro atoms. The monoisotopic (exact) mass is 661 g/mol. The summed E-state index contributed by atoms with van der Waals surface area (Å²) in [4.78, 5) is 33.8. The summed E-state index contributed by atoms with van der Waals surface area (Å²) in [5.74, 6) is 0.446. The number of fused-ring (bicyclic) bond motifs is 1. The van der Waals surface area contributed by atoms with E-state index in [2.05, 4.69) is 38.9 Å². The van der Waals surface area contributed by atoms with Crippen molar-refractivity contribution in [2.24, 2.45) is 17.3 Å². The summed E-state index contributed by atoms with van der Waals surface area (Å²) in [7, 11) is 1.67. The average Bonchev–Trinajstić information content (AvgIpc) is 3.58. The Morgan fingerprint density at radius 2 is 1.81 bits per heavy atom. The summed E-state index contributed by atoms with van der Waals surface area (Å²) >= 11 is 1.35. The molecule has 2 aliphatic rings. The predicted molar refractivity (Wildman–Crippen MR) is 175 cm³/mol. The van der Waals surface area contributed by atoms with Crippen LogP contribution in [0.2, 0.25) is 0 Å². The van der Waals surface area contributed by atoms with Gasteiger partial charge in [0.25, 0.3) is 5.91 Å². The Bertz CT molecular complexity index is 1920. The molecule has 1 saturated heterocycles. The number of carbonyl (C=O) groups excluding carboxylic acids is 2. The number of hydrogen-bond acceptors (Lipinski definition) is 8. The number of rotatable bonds is 7. The third-order valence-electron chi connectivity index (χ3n) is 7.71. The molecule has 242 valence electrons. The van der Waals surface area contributed by atoms with Gasteiger partial charge in [-0.3, -0.25) is 19.4 Å². The lowest BCUT2D eigenvalue weighted by atomic mass is 9.99. The van der Waals surface area contributed by atoms with Crippen LogP contribution in [0.25, 0.3) is 11.4 Å². The maximum atomic E-state index is 13.3. The lowest BCUT2D eigenvalue weighted by Gasteiger charge is -2.27. The predicted octanol–water partition coefficient (Wildman–Crippen LogP) is 6.49. The van der Waals surface area contributed by atoms with E-state index in [1.54, 1.807) is 18.2 Å². The molecule has 47 heavy (non-hydrogen) atoms. The highest BCUT2D eigenvalue weighted by molar-refractivity contribution is 8.15. The first-order valence-electron chi connectivity index (χ1n) is 14.8. The van der Waals surface area contributed by atoms with E-state index >= 15 is 0 Å². The molecule has 0 bridgehead atoms. The molecule has 0 aliphatic carbocycles. The molecule has 3 aromatic carbocycles. The van der Waals surface area contributed by atoms with Crippen molar-refractivity contribution in [3.63, 3.8) is 0 Å². The Balaban J connectivity index is 1.16. The number of benzene rings is 3. The molecule has 0 N–H and O–H groups in total. The minimum atomic E-state index is -4.81. The SMILES string of the molecule is Cc1ccc(C(C)C)c(N2C(=O)CS/C2=N\N=C\c2ccc(-c3nc(N4CCc5cc(OC(F)(F)F)ccc5C4=O)n(C)n3)cc2)c1. The van der Waals surface area contributed by atoms with E-state index in [1.165, 1.54) is 33.5 Å². The number of halogens is 3. The van der Waals surface area contributed by atoms with Crippen LogP contribution in [-0.2, 0) is 18.3 Å². The summed E-state index contributed by atoms with van der Waals surface area (Å²) in [5.41, 5.74) is 5.17. The molecule has 0 atom stereocenters. The Hall–Kier alpha value is -4.98. The molecule has 10 nitrogen and oxygen atoms in total. The van der Waals surface area contributed by atoms with E-state index in [1.807, 2.05) is 49.4 Å². The third kappa shape index (κ3) is 6.77. The fourth-order valence-electron chi connectivity index (χ4n) is 5.46. The fraction of sp³-hybridized carbons (Fsp3) is 0.273. The first kappa shape index (κ1) is 32.0. The highest BCUT2D eigenvalue weighted by Gasteiger charge is 2.34. The Morgan fingerprint density at radius 3 is 2.53 bits per heavy atom. The van der Waals surface area contributed by atoms with Crippen molar-refractivity contribution in [3.05, 3.63) is 88.5 Å². The number of hydrogen-bond donors (Lipinski definition) is 0. The number of anilines is 2. The van der Waals surface area contributed by atoms with Gasteiger partial charge in [0.15, 0.2) is 11.0 Å². The van der Waals surface area contributed by atoms with Crippen LogP contribution in [0.4, 0.5) is 24.8 Å². The average molecular weight is 662 g/mol. The van der Waals surface area contributed by atoms with Crippen LogP contribution in [0, 0.1) is 6.92 Å². The molecule has 6 rings (SSSR count). The first-order valence-corrected chi connectivity index (χ1v) is 15.8. The van der Waals surface area contributed by atoms with Gasteiger partial charge in [-0.15, -0.1) is 23.4 Å². The lowest BCUT2D eigenvalue weighted by molar-refractivity contribution is -0.274. The molecule has 0 radical (unpaired) electrons. The molecule has 4 aromatic rings. The van der Waals surface area contributed by atoms with Crippen molar-refractivity contribution in [1.82, 2.24) is 14.8 Å². The summed E-state index contributed by atoms with van der Waals surface area (Å²) < 4.78 is 43.4. The van der Waals surface area contributed by atoms with Gasteiger partial charge >= 0.3 is 6.36 Å². The van der Waals surface area contributed by atoms with Crippen LogP contribution in [0.15, 0.2) is 70.9 Å². The maximum Gasteiger partial charge on any atom is 0.573 e. The summed E-state index contributed by atoms with van der Waals surface area (Å²) in [6.07, 6.45) is -2.89. The standard InChI is InChI=1S/C33H30F3N7O3S/c1-19(2)25-11-5-20(3)15-27(25)43-28(44)18-47-32(43)39-37-17-21-6-8-22(9-7-21)29-38-31(41(4)40-29)42-14-13-23-16-24(46-33(34,35)36)10-12-26(23)30(42)45/h5-12,15-17,19H,13-14,18H2,1-4H3/b37-17+,39-32-. The number of aromatic nitrogens is 3. The Labute approximate surface area is 272 Å². The van der Waals surface area contributed by atoms with Gasteiger partial charge in [-0.2, -0.15) is 10.1 Å². The molecular weight excluding hydrogens is 631 g/mol. The van der Waals surface area contributed by atoms with Gasteiger partial charge in [0.05, 0.1) is 17.7 Å². The number of amidine groups is 1. The fourth-order valence-corrected chi connectivity index (χ4v) is 6.27. The van der Waals surface area contributed by atoms with Gasteiger partial charge < -0.3 is 4.74 Å². The van der Waals surface area contributed by atoms with E-state index < -0.39 is 6.36 Å². The molecule has 3 heterocycles. The van der Waals surface area contributed by atoms with Crippen LogP contribution >= 0.6 is 11.8 Å². The number of thioether (sulfide) groups is 1. The largest absolute Gasteiger partial charge is 0.573 e. The molecule has 0 unspecified atom stereocenters. The van der Waals surface area contributed by atoms with E-state index in [9.17, 15) is 22.8 Å². The van der Waals surface area contributed by atoms with E-state index in [4.69, 9.17) is 0 Å². The van der Waals surface area contributed by atoms with Crippen molar-refractivity contribution in [2.45, 2.75) is 39.5 Å². The third-order valence-corrected chi connectivity index (χ3v) is 8.62. The maximum absolute atomic E-state index is 13.3. The minimum absolute atomic E-state index is 0.0387. The van der Waals surface area contributed by atoms with E-state index in [-0.39, 0.29) is 35.6 Å². The smallest absolute Gasteiger partial charge is 0.406 e. The summed E-state index contributed by atoms with van der Waals surface area (Å²) in [6.45, 7) is 6.39. The van der Waals surface area contributed by atoms with E-state index in [0.717, 1.165) is 28.4 Å². The molecule has 2 amide bonds. The van der Waals surface area contributed by atoms with Crippen molar-refractivity contribution in [3.8, 4) is 17.1 Å². The highest BCUT2D eigenvalue weighted by atomic mass is 32.2. The highest BCUT2D eigenvalue weighted by Crippen LogP contribution is 2.34. The number of alkyl halides is 3. The molecule has 1 fully saturated rings. The number of ether oxygens (including phenoxy) is 1. The van der Waals surface area contributed by atoms with E-state index in [0.29, 0.717) is 40.2 Å². The first-order chi connectivity index (χ1) is 22.4. The van der Waals surface area contributed by atoms with Gasteiger partial charge in [0, 0.05) is 24.7 Å². The number of amides is 2. The van der Waals surface area contributed by atoms with Crippen molar-refractivity contribution >= 4 is 46.6 Å². The zero-order chi connectivity index (χ0) is 33.5. The minimum Gasteiger partial charge on any atom is -0.406 e. The Morgan fingerprint density at radius 1 is 1.04 bits per heavy atom. The normalized spacial score (nSPS) is 16.2. The van der Waals surface area contributed by atoms with Crippen LogP contribution in [-0.4, -0.2) is 56.6 Å². The second kappa shape index (κ2) is 12.7. The molecule has 2 aliphatic heterocycles. The van der Waals surface area contributed by atoms with Gasteiger partial charge in [-0.25, -0.2) is 4.68 Å². The van der Waals surface area contributed by atoms with Crippen LogP contribution in [0.3, 0.4) is 0 Å². The zero-order valence-corrected chi connectivity index (χ0v) is 26.8. The molecule has 0 saturated carbocycles. The van der Waals surface area contributed by atoms with Crippen LogP contribution in [0.5, 0.6) is 5.75 Å². The summed E-state index contributed by atoms with van der Waals surface area (Å²) in [5, 5.41) is 13.7. The van der Waals surface area contributed by atoms with Crippen molar-refractivity contribution in [1.29, 1.82) is 0 Å². The molecule has 1 aromatic heterocycles. The Kier molecular flexibility index (Phi) is 8.62. The molecule has 14 heteroatoms. The lowest BCUT2D eigenvalue weighted by Crippen LogP contribution is -2.39.